The fraction of sp³-hybridized carbons (Fsp3) is 0.400. The Hall–Kier alpha value is -2.18. The van der Waals surface area contributed by atoms with E-state index in [9.17, 15) is 4.79 Å². The second kappa shape index (κ2) is 3.41. The zero-order chi connectivity index (χ0) is 12.0. The van der Waals surface area contributed by atoms with E-state index >= 15 is 0 Å². The number of ether oxygens (including phenoxy) is 1. The molecule has 2 heterocycles. The minimum Gasteiger partial charge on any atom is -0.480 e. The first kappa shape index (κ1) is 10.0. The number of aromatic nitrogens is 4. The number of hydrogen-bond acceptors (Lipinski definition) is 5. The van der Waals surface area contributed by atoms with Crippen LogP contribution in [0.5, 0.6) is 5.88 Å². The first-order valence-corrected chi connectivity index (χ1v) is 5.23. The Balaban J connectivity index is 2.23. The molecule has 88 valence electrons. The minimum atomic E-state index is -1.10. The summed E-state index contributed by atoms with van der Waals surface area (Å²) >= 11 is 0. The Kier molecular flexibility index (Phi) is 2.01. The molecule has 0 amide bonds. The van der Waals surface area contributed by atoms with Crippen LogP contribution in [0.25, 0.3) is 5.78 Å². The van der Waals surface area contributed by atoms with Crippen molar-refractivity contribution in [2.24, 2.45) is 0 Å². The van der Waals surface area contributed by atoms with E-state index < -0.39 is 5.97 Å². The van der Waals surface area contributed by atoms with Crippen molar-refractivity contribution in [3.05, 3.63) is 17.6 Å². The van der Waals surface area contributed by atoms with Crippen molar-refractivity contribution >= 4 is 11.7 Å². The summed E-state index contributed by atoms with van der Waals surface area (Å²) in [6.07, 6.45) is 3.39. The van der Waals surface area contributed by atoms with Gasteiger partial charge in [-0.25, -0.2) is 9.78 Å². The highest BCUT2D eigenvalue weighted by Gasteiger charge is 2.29. The van der Waals surface area contributed by atoms with Gasteiger partial charge in [-0.2, -0.15) is 9.50 Å². The second-order valence-electron chi connectivity index (χ2n) is 3.94. The SMILES string of the molecule is COc1c(C(=O)O)cnc2nc(C3CC3)nn12. The van der Waals surface area contributed by atoms with Crippen LogP contribution in [-0.4, -0.2) is 37.8 Å². The smallest absolute Gasteiger partial charge is 0.342 e. The van der Waals surface area contributed by atoms with E-state index in [1.54, 1.807) is 0 Å². The van der Waals surface area contributed by atoms with Crippen LogP contribution in [0.1, 0.15) is 34.9 Å². The largest absolute Gasteiger partial charge is 0.480 e. The molecular formula is C10H10N4O3. The lowest BCUT2D eigenvalue weighted by Crippen LogP contribution is -2.07. The van der Waals surface area contributed by atoms with Crippen LogP contribution in [0.15, 0.2) is 6.20 Å². The summed E-state index contributed by atoms with van der Waals surface area (Å²) < 4.78 is 6.42. The van der Waals surface area contributed by atoms with Crippen LogP contribution in [0.3, 0.4) is 0 Å². The van der Waals surface area contributed by atoms with E-state index in [1.807, 2.05) is 0 Å². The standard InChI is InChI=1S/C10H10N4O3/c1-17-8-6(9(15)16)4-11-10-12-7(5-2-3-5)13-14(8)10/h4-5H,2-3H2,1H3,(H,15,16). The Bertz CT molecular complexity index is 603. The molecule has 1 aliphatic rings. The molecule has 7 heteroatoms. The van der Waals surface area contributed by atoms with E-state index in [-0.39, 0.29) is 11.4 Å². The molecule has 0 unspecified atom stereocenters. The maximum atomic E-state index is 11.0. The van der Waals surface area contributed by atoms with Crippen LogP contribution in [0, 0.1) is 0 Å². The molecule has 2 aromatic rings. The minimum absolute atomic E-state index is 0.0211. The molecule has 1 fully saturated rings. The predicted molar refractivity (Wildman–Crippen MR) is 56.3 cm³/mol. The van der Waals surface area contributed by atoms with Crippen LogP contribution in [0.2, 0.25) is 0 Å². The lowest BCUT2D eigenvalue weighted by molar-refractivity contribution is 0.0691. The summed E-state index contributed by atoms with van der Waals surface area (Å²) in [5.74, 6) is 0.517. The van der Waals surface area contributed by atoms with Crippen molar-refractivity contribution in [3.8, 4) is 5.88 Å². The van der Waals surface area contributed by atoms with Crippen LogP contribution >= 0.6 is 0 Å². The van der Waals surface area contributed by atoms with E-state index in [1.165, 1.54) is 17.8 Å². The van der Waals surface area contributed by atoms with E-state index in [0.717, 1.165) is 12.8 Å². The molecule has 7 nitrogen and oxygen atoms in total. The highest BCUT2D eigenvalue weighted by atomic mass is 16.5. The van der Waals surface area contributed by atoms with E-state index in [4.69, 9.17) is 9.84 Å². The highest BCUT2D eigenvalue weighted by molar-refractivity contribution is 5.90. The predicted octanol–water partition coefficient (Wildman–Crippen LogP) is 0.708. The number of fused-ring (bicyclic) bond motifs is 1. The highest BCUT2D eigenvalue weighted by Crippen LogP contribution is 2.38. The summed E-state index contributed by atoms with van der Waals surface area (Å²) in [4.78, 5) is 19.2. The molecule has 17 heavy (non-hydrogen) atoms. The van der Waals surface area contributed by atoms with Crippen LogP contribution < -0.4 is 4.74 Å². The Morgan fingerprint density at radius 2 is 2.35 bits per heavy atom. The summed E-state index contributed by atoms with van der Waals surface area (Å²) in [6, 6.07) is 0. The van der Waals surface area contributed by atoms with Crippen molar-refractivity contribution in [2.45, 2.75) is 18.8 Å². The second-order valence-corrected chi connectivity index (χ2v) is 3.94. The molecule has 1 saturated carbocycles. The fourth-order valence-electron chi connectivity index (χ4n) is 1.69. The molecule has 0 atom stereocenters. The topological polar surface area (TPSA) is 89.6 Å². The molecule has 0 aliphatic heterocycles. The van der Waals surface area contributed by atoms with Gasteiger partial charge in [0.1, 0.15) is 5.56 Å². The normalized spacial score (nSPS) is 15.1. The maximum Gasteiger partial charge on any atom is 0.342 e. The molecule has 0 bridgehead atoms. The molecule has 3 rings (SSSR count). The van der Waals surface area contributed by atoms with Crippen molar-refractivity contribution in [3.63, 3.8) is 0 Å². The summed E-state index contributed by atoms with van der Waals surface area (Å²) in [5.41, 5.74) is -0.0211. The Morgan fingerprint density at radius 3 is 2.94 bits per heavy atom. The van der Waals surface area contributed by atoms with Crippen LogP contribution in [0.4, 0.5) is 0 Å². The van der Waals surface area contributed by atoms with Gasteiger partial charge in [0.2, 0.25) is 5.88 Å². The lowest BCUT2D eigenvalue weighted by atomic mass is 10.3. The van der Waals surface area contributed by atoms with Gasteiger partial charge in [-0.15, -0.1) is 5.10 Å². The number of carboxylic acids is 1. The van der Waals surface area contributed by atoms with Crippen LogP contribution in [-0.2, 0) is 0 Å². The van der Waals surface area contributed by atoms with E-state index in [0.29, 0.717) is 17.5 Å². The number of methoxy groups -OCH3 is 1. The molecular weight excluding hydrogens is 224 g/mol. The van der Waals surface area contributed by atoms with Gasteiger partial charge >= 0.3 is 5.97 Å². The van der Waals surface area contributed by atoms with Crippen molar-refractivity contribution < 1.29 is 14.6 Å². The summed E-state index contributed by atoms with van der Waals surface area (Å²) in [7, 11) is 1.40. The van der Waals surface area contributed by atoms with Gasteiger partial charge < -0.3 is 9.84 Å². The average Bonchev–Trinajstić information content (AvgIpc) is 3.07. The number of aromatic carboxylic acids is 1. The number of nitrogens with zero attached hydrogens (tertiary/aromatic N) is 4. The Labute approximate surface area is 96.1 Å². The Morgan fingerprint density at radius 1 is 1.59 bits per heavy atom. The van der Waals surface area contributed by atoms with Crippen molar-refractivity contribution in [1.29, 1.82) is 0 Å². The molecule has 1 aliphatic carbocycles. The van der Waals surface area contributed by atoms with Crippen molar-refractivity contribution in [2.75, 3.05) is 7.11 Å². The van der Waals surface area contributed by atoms with Gasteiger partial charge in [0.05, 0.1) is 13.3 Å². The zero-order valence-electron chi connectivity index (χ0n) is 9.12. The quantitative estimate of drug-likeness (QED) is 0.841. The van der Waals surface area contributed by atoms with Gasteiger partial charge in [0.15, 0.2) is 5.82 Å². The lowest BCUT2D eigenvalue weighted by Gasteiger charge is -2.04. The molecule has 0 saturated heterocycles. The molecule has 1 N–H and O–H groups in total. The summed E-state index contributed by atoms with van der Waals surface area (Å²) in [5, 5.41) is 13.2. The molecule has 0 aromatic carbocycles. The third-order valence-corrected chi connectivity index (χ3v) is 2.70. The first-order valence-electron chi connectivity index (χ1n) is 5.23. The zero-order valence-corrected chi connectivity index (χ0v) is 9.12. The number of rotatable bonds is 3. The third-order valence-electron chi connectivity index (χ3n) is 2.70. The van der Waals surface area contributed by atoms with Gasteiger partial charge in [-0.05, 0) is 12.8 Å². The fourth-order valence-corrected chi connectivity index (χ4v) is 1.69. The number of carbonyl (C=O) groups is 1. The average molecular weight is 234 g/mol. The van der Waals surface area contributed by atoms with Gasteiger partial charge in [0.25, 0.3) is 5.78 Å². The van der Waals surface area contributed by atoms with Gasteiger partial charge in [-0.1, -0.05) is 0 Å². The summed E-state index contributed by atoms with van der Waals surface area (Å²) in [6.45, 7) is 0. The molecule has 0 radical (unpaired) electrons. The van der Waals surface area contributed by atoms with Crippen molar-refractivity contribution in [1.82, 2.24) is 19.6 Å². The maximum absolute atomic E-state index is 11.0. The van der Waals surface area contributed by atoms with E-state index in [2.05, 4.69) is 15.1 Å². The van der Waals surface area contributed by atoms with Gasteiger partial charge in [-0.3, -0.25) is 0 Å². The number of hydrogen-bond donors (Lipinski definition) is 1. The third kappa shape index (κ3) is 1.50. The molecule has 2 aromatic heterocycles. The molecule has 0 spiro atoms. The monoisotopic (exact) mass is 234 g/mol. The van der Waals surface area contributed by atoms with Gasteiger partial charge in [0, 0.05) is 5.92 Å². The number of carboxylic acid groups (broad SMARTS) is 1. The first-order chi connectivity index (χ1) is 8.20.